The number of hydrogen-bond donors (Lipinski definition) is 1. The van der Waals surface area contributed by atoms with E-state index in [-0.39, 0.29) is 30.9 Å². The lowest BCUT2D eigenvalue weighted by Crippen LogP contribution is -2.73. The highest BCUT2D eigenvalue weighted by molar-refractivity contribution is 5.92. The number of carbonyl (C=O) groups excluding carboxylic acids is 3. The Morgan fingerprint density at radius 3 is 2.10 bits per heavy atom. The number of nitrogens with zero attached hydrogens (tertiary/aromatic N) is 4. The number of nitrogens with one attached hydrogen (secondary N) is 1. The van der Waals surface area contributed by atoms with Gasteiger partial charge in [0.25, 0.3) is 0 Å². The largest absolute Gasteiger partial charge is 0.497 e. The van der Waals surface area contributed by atoms with Gasteiger partial charge in [-0.1, -0.05) is 54.6 Å². The Hall–Kier alpha value is -4.57. The molecule has 0 spiro atoms. The number of benzene rings is 3. The Morgan fingerprint density at radius 1 is 0.878 bits per heavy atom. The van der Waals surface area contributed by atoms with Crippen LogP contribution in [0.4, 0.5) is 4.79 Å². The first-order chi connectivity index (χ1) is 19.9. The van der Waals surface area contributed by atoms with E-state index in [9.17, 15) is 14.4 Å². The third-order valence-corrected chi connectivity index (χ3v) is 7.59. The molecule has 0 bridgehead atoms. The summed E-state index contributed by atoms with van der Waals surface area (Å²) in [6, 6.07) is 23.3. The second kappa shape index (κ2) is 12.3. The first-order valence-corrected chi connectivity index (χ1v) is 13.6. The molecule has 0 aliphatic carbocycles. The fourth-order valence-corrected chi connectivity index (χ4v) is 5.41. The molecule has 41 heavy (non-hydrogen) atoms. The number of amides is 4. The first kappa shape index (κ1) is 28.0. The van der Waals surface area contributed by atoms with Gasteiger partial charge in [0.2, 0.25) is 11.8 Å². The summed E-state index contributed by atoms with van der Waals surface area (Å²) in [4.78, 5) is 44.4. The highest BCUT2D eigenvalue weighted by Crippen LogP contribution is 2.34. The molecule has 2 unspecified atom stereocenters. The smallest absolute Gasteiger partial charge is 0.334 e. The van der Waals surface area contributed by atoms with E-state index < -0.39 is 12.2 Å². The fourth-order valence-electron chi connectivity index (χ4n) is 5.41. The van der Waals surface area contributed by atoms with E-state index in [0.717, 1.165) is 22.6 Å². The minimum absolute atomic E-state index is 0.0189. The summed E-state index contributed by atoms with van der Waals surface area (Å²) in [5.41, 5.74) is 2.69. The van der Waals surface area contributed by atoms with Crippen molar-refractivity contribution < 1.29 is 23.9 Å². The number of carbonyl (C=O) groups is 3. The average molecular weight is 558 g/mol. The summed E-state index contributed by atoms with van der Waals surface area (Å²) < 4.78 is 10.5. The zero-order valence-corrected chi connectivity index (χ0v) is 23.5. The van der Waals surface area contributed by atoms with E-state index in [4.69, 9.17) is 9.47 Å². The zero-order valence-electron chi connectivity index (χ0n) is 23.5. The summed E-state index contributed by atoms with van der Waals surface area (Å²) in [7, 11) is 4.95. The molecular formula is C31H35N5O5. The summed E-state index contributed by atoms with van der Waals surface area (Å²) in [6.07, 6.45) is -0.0480. The van der Waals surface area contributed by atoms with Crippen molar-refractivity contribution in [2.45, 2.75) is 25.2 Å². The van der Waals surface area contributed by atoms with Gasteiger partial charge in [-0.25, -0.2) is 14.8 Å². The highest BCUT2D eigenvalue weighted by atomic mass is 16.5. The first-order valence-electron chi connectivity index (χ1n) is 13.6. The van der Waals surface area contributed by atoms with Crippen molar-refractivity contribution in [3.8, 4) is 11.5 Å². The molecule has 214 valence electrons. The molecule has 5 rings (SSSR count). The number of hydrazine groups is 1. The summed E-state index contributed by atoms with van der Waals surface area (Å²) in [6.45, 7) is 0.924. The van der Waals surface area contributed by atoms with Crippen LogP contribution in [0, 0.1) is 0 Å². The molecule has 3 aromatic carbocycles. The lowest BCUT2D eigenvalue weighted by Gasteiger charge is -2.54. The molecule has 2 saturated heterocycles. The predicted octanol–water partition coefficient (Wildman–Crippen LogP) is 3.06. The Bertz CT molecular complexity index is 1370. The maximum atomic E-state index is 13.9. The minimum atomic E-state index is -0.830. The fraction of sp³-hybridized carbons (Fsp3) is 0.323. The van der Waals surface area contributed by atoms with Gasteiger partial charge in [0.1, 0.15) is 23.7 Å². The van der Waals surface area contributed by atoms with Crippen LogP contribution in [0.2, 0.25) is 0 Å². The van der Waals surface area contributed by atoms with E-state index in [1.165, 1.54) is 0 Å². The minimum Gasteiger partial charge on any atom is -0.497 e. The van der Waals surface area contributed by atoms with Crippen molar-refractivity contribution >= 4 is 17.8 Å². The second-order valence-corrected chi connectivity index (χ2v) is 10.1. The molecule has 0 aromatic heterocycles. The van der Waals surface area contributed by atoms with Crippen LogP contribution in [0.25, 0.3) is 0 Å². The van der Waals surface area contributed by atoms with Crippen LogP contribution in [0.5, 0.6) is 11.5 Å². The van der Waals surface area contributed by atoms with Gasteiger partial charge in [0.15, 0.2) is 0 Å². The third-order valence-electron chi connectivity index (χ3n) is 7.59. The van der Waals surface area contributed by atoms with Crippen LogP contribution >= 0.6 is 0 Å². The zero-order chi connectivity index (χ0) is 28.9. The van der Waals surface area contributed by atoms with Gasteiger partial charge in [-0.2, -0.15) is 0 Å². The normalized spacial score (nSPS) is 19.1. The number of ether oxygens (including phenoxy) is 2. The quantitative estimate of drug-likeness (QED) is 0.458. The lowest BCUT2D eigenvalue weighted by atomic mass is 9.98. The number of urea groups is 1. The average Bonchev–Trinajstić information content (AvgIpc) is 3.00. The third kappa shape index (κ3) is 5.97. The van der Waals surface area contributed by atoms with Crippen molar-refractivity contribution in [2.75, 3.05) is 40.9 Å². The number of fused-ring (bicyclic) bond motifs is 1. The van der Waals surface area contributed by atoms with Crippen molar-refractivity contribution in [3.05, 3.63) is 95.6 Å². The summed E-state index contributed by atoms with van der Waals surface area (Å²) >= 11 is 0. The van der Waals surface area contributed by atoms with Gasteiger partial charge < -0.3 is 24.6 Å². The van der Waals surface area contributed by atoms with Crippen LogP contribution in [0.15, 0.2) is 78.9 Å². The number of likely N-dealkylation sites (N-methyl/N-ethyl adjacent to an activating group) is 1. The predicted molar refractivity (Wildman–Crippen MR) is 153 cm³/mol. The molecule has 2 fully saturated rings. The van der Waals surface area contributed by atoms with Gasteiger partial charge in [-0.3, -0.25) is 9.59 Å². The molecule has 1 N–H and O–H groups in total. The van der Waals surface area contributed by atoms with Gasteiger partial charge in [-0.15, -0.1) is 0 Å². The van der Waals surface area contributed by atoms with E-state index in [1.54, 1.807) is 41.1 Å². The molecule has 2 aliphatic rings. The van der Waals surface area contributed by atoms with Crippen molar-refractivity contribution in [2.24, 2.45) is 0 Å². The standard InChI is InChI=1S/C31H35N5O5/c1-33-21-28(37)35-27(36(33)31(39)32-19-23-11-15-26(41-3)16-12-23)20-34(18-17-22-9-13-25(40-2)14-10-22)30(38)29(35)24-7-5-4-6-8-24/h4-16,27,29H,17-21H2,1-3H3,(H,32,39). The Morgan fingerprint density at radius 2 is 1.49 bits per heavy atom. The highest BCUT2D eigenvalue weighted by Gasteiger charge is 2.51. The van der Waals surface area contributed by atoms with Crippen LogP contribution < -0.4 is 14.8 Å². The molecule has 4 amide bonds. The molecule has 2 atom stereocenters. The monoisotopic (exact) mass is 557 g/mol. The maximum Gasteiger partial charge on any atom is 0.334 e. The van der Waals surface area contributed by atoms with Gasteiger partial charge in [0.05, 0.1) is 27.3 Å². The number of rotatable bonds is 8. The van der Waals surface area contributed by atoms with Crippen molar-refractivity contribution in [1.82, 2.24) is 25.1 Å². The number of hydrogen-bond acceptors (Lipinski definition) is 6. The van der Waals surface area contributed by atoms with Crippen LogP contribution in [0.1, 0.15) is 22.7 Å². The summed E-state index contributed by atoms with van der Waals surface area (Å²) in [5, 5.41) is 6.18. The number of methoxy groups -OCH3 is 2. The van der Waals surface area contributed by atoms with E-state index >= 15 is 0 Å². The lowest BCUT2D eigenvalue weighted by molar-refractivity contribution is -0.187. The molecule has 0 saturated carbocycles. The van der Waals surface area contributed by atoms with Crippen LogP contribution in [0.3, 0.4) is 0 Å². The van der Waals surface area contributed by atoms with E-state index in [2.05, 4.69) is 5.32 Å². The van der Waals surface area contributed by atoms with Gasteiger partial charge in [0, 0.05) is 20.1 Å². The van der Waals surface area contributed by atoms with Gasteiger partial charge in [-0.05, 0) is 47.4 Å². The summed E-state index contributed by atoms with van der Waals surface area (Å²) in [5.74, 6) is 1.15. The number of piperazine rings is 1. The Kier molecular flexibility index (Phi) is 8.39. The topological polar surface area (TPSA) is 94.7 Å². The molecule has 2 aliphatic heterocycles. The Labute approximate surface area is 240 Å². The molecule has 10 heteroatoms. The van der Waals surface area contributed by atoms with E-state index in [0.29, 0.717) is 25.1 Å². The SMILES string of the molecule is COc1ccc(CCN2CC3N(C(=O)CN(C)N3C(=O)NCc3ccc(OC)cc3)C(c3ccccc3)C2=O)cc1. The van der Waals surface area contributed by atoms with Crippen molar-refractivity contribution in [3.63, 3.8) is 0 Å². The molecule has 0 radical (unpaired) electrons. The second-order valence-electron chi connectivity index (χ2n) is 10.1. The van der Waals surface area contributed by atoms with E-state index in [1.807, 2.05) is 78.9 Å². The van der Waals surface area contributed by atoms with Crippen LogP contribution in [-0.2, 0) is 22.6 Å². The molecule has 3 aromatic rings. The van der Waals surface area contributed by atoms with Gasteiger partial charge >= 0.3 is 6.03 Å². The van der Waals surface area contributed by atoms with Crippen LogP contribution in [-0.4, -0.2) is 84.7 Å². The maximum absolute atomic E-state index is 13.9. The molecule has 2 heterocycles. The Balaban J connectivity index is 1.40. The molecular weight excluding hydrogens is 522 g/mol. The molecule has 10 nitrogen and oxygen atoms in total. The van der Waals surface area contributed by atoms with Crippen molar-refractivity contribution in [1.29, 1.82) is 0 Å².